The molecule has 1 unspecified atom stereocenters. The molecule has 0 saturated carbocycles. The second-order valence-electron chi connectivity index (χ2n) is 4.05. The molecule has 0 aliphatic carbocycles. The standard InChI is InChI=1S/C11H15F3N2O2S2/c1-8(15)9-3-2-4-10(7-9)20(17,18)16-5-6-19-11(12,13)14/h2-4,7-8,16H,5-6,15H2,1H3. The monoisotopic (exact) mass is 328 g/mol. The van der Waals surface area contributed by atoms with Crippen LogP contribution in [-0.2, 0) is 10.0 Å². The minimum absolute atomic E-state index is 0.00990. The molecular formula is C11H15F3N2O2S2. The van der Waals surface area contributed by atoms with E-state index in [-0.39, 0.29) is 35.0 Å². The van der Waals surface area contributed by atoms with Crippen molar-refractivity contribution < 1.29 is 21.6 Å². The van der Waals surface area contributed by atoms with Crippen molar-refractivity contribution in [2.75, 3.05) is 12.3 Å². The molecule has 0 heterocycles. The molecule has 4 nitrogen and oxygen atoms in total. The fourth-order valence-electron chi connectivity index (χ4n) is 1.39. The van der Waals surface area contributed by atoms with Gasteiger partial charge in [-0.25, -0.2) is 13.1 Å². The van der Waals surface area contributed by atoms with Gasteiger partial charge in [0, 0.05) is 18.3 Å². The van der Waals surface area contributed by atoms with Crippen LogP contribution >= 0.6 is 11.8 Å². The maximum Gasteiger partial charge on any atom is 0.441 e. The zero-order valence-corrected chi connectivity index (χ0v) is 12.3. The number of benzene rings is 1. The van der Waals surface area contributed by atoms with Crippen LogP contribution < -0.4 is 10.5 Å². The molecular weight excluding hydrogens is 313 g/mol. The molecule has 0 aromatic heterocycles. The highest BCUT2D eigenvalue weighted by atomic mass is 32.2. The molecule has 0 aliphatic heterocycles. The van der Waals surface area contributed by atoms with Gasteiger partial charge >= 0.3 is 5.51 Å². The van der Waals surface area contributed by atoms with Crippen molar-refractivity contribution in [1.29, 1.82) is 0 Å². The lowest BCUT2D eigenvalue weighted by atomic mass is 10.1. The number of hydrogen-bond acceptors (Lipinski definition) is 4. The Bertz CT molecular complexity index is 545. The Morgan fingerprint density at radius 3 is 2.60 bits per heavy atom. The fourth-order valence-corrected chi connectivity index (χ4v) is 3.04. The Kier molecular flexibility index (Phi) is 5.87. The summed E-state index contributed by atoms with van der Waals surface area (Å²) in [5, 5.41) is 0. The first-order valence-corrected chi connectivity index (χ1v) is 8.14. The largest absolute Gasteiger partial charge is 0.441 e. The predicted molar refractivity (Wildman–Crippen MR) is 72.7 cm³/mol. The van der Waals surface area contributed by atoms with E-state index in [2.05, 4.69) is 4.72 Å². The SMILES string of the molecule is CC(N)c1cccc(S(=O)(=O)NCCSC(F)(F)F)c1. The van der Waals surface area contributed by atoms with Gasteiger partial charge in [0.05, 0.1) is 4.90 Å². The highest BCUT2D eigenvalue weighted by molar-refractivity contribution is 8.00. The number of alkyl halides is 3. The minimum Gasteiger partial charge on any atom is -0.324 e. The first-order chi connectivity index (χ1) is 9.12. The molecule has 0 saturated heterocycles. The molecule has 0 aliphatic rings. The molecule has 0 radical (unpaired) electrons. The molecule has 0 bridgehead atoms. The van der Waals surface area contributed by atoms with Crippen LogP contribution in [0.15, 0.2) is 29.2 Å². The lowest BCUT2D eigenvalue weighted by Crippen LogP contribution is -2.27. The van der Waals surface area contributed by atoms with E-state index in [4.69, 9.17) is 5.73 Å². The molecule has 0 fully saturated rings. The average Bonchev–Trinajstić information content (AvgIpc) is 2.34. The van der Waals surface area contributed by atoms with Crippen molar-refractivity contribution in [3.05, 3.63) is 29.8 Å². The predicted octanol–water partition coefficient (Wildman–Crippen LogP) is 2.24. The third-order valence-electron chi connectivity index (χ3n) is 2.35. The second-order valence-corrected chi connectivity index (χ2v) is 6.98. The molecule has 20 heavy (non-hydrogen) atoms. The summed E-state index contributed by atoms with van der Waals surface area (Å²) in [4.78, 5) is -0.00990. The lowest BCUT2D eigenvalue weighted by molar-refractivity contribution is -0.0327. The quantitative estimate of drug-likeness (QED) is 0.786. The number of rotatable bonds is 6. The zero-order chi connectivity index (χ0) is 15.4. The maximum absolute atomic E-state index is 11.9. The minimum atomic E-state index is -4.36. The van der Waals surface area contributed by atoms with Crippen molar-refractivity contribution >= 4 is 21.8 Å². The van der Waals surface area contributed by atoms with Gasteiger partial charge in [-0.3, -0.25) is 0 Å². The topological polar surface area (TPSA) is 72.2 Å². The highest BCUT2D eigenvalue weighted by Gasteiger charge is 2.27. The summed E-state index contributed by atoms with van der Waals surface area (Å²) in [5.74, 6) is -0.379. The van der Waals surface area contributed by atoms with Gasteiger partial charge in [-0.1, -0.05) is 12.1 Å². The van der Waals surface area contributed by atoms with Gasteiger partial charge in [-0.15, -0.1) is 0 Å². The molecule has 1 aromatic carbocycles. The third-order valence-corrected chi connectivity index (χ3v) is 4.55. The Hall–Kier alpha value is -0.770. The molecule has 1 aromatic rings. The molecule has 1 atom stereocenters. The summed E-state index contributed by atoms with van der Waals surface area (Å²) in [6.07, 6.45) is 0. The number of nitrogens with two attached hydrogens (primary N) is 1. The molecule has 3 N–H and O–H groups in total. The van der Waals surface area contributed by atoms with Gasteiger partial charge in [0.2, 0.25) is 10.0 Å². The number of thioether (sulfide) groups is 1. The normalized spacial score (nSPS) is 14.2. The van der Waals surface area contributed by atoms with Crippen LogP contribution in [0.1, 0.15) is 18.5 Å². The smallest absolute Gasteiger partial charge is 0.324 e. The number of sulfonamides is 1. The first-order valence-electron chi connectivity index (χ1n) is 5.68. The number of nitrogens with one attached hydrogen (secondary N) is 1. The summed E-state index contributed by atoms with van der Waals surface area (Å²) >= 11 is -0.269. The van der Waals surface area contributed by atoms with E-state index in [1.54, 1.807) is 13.0 Å². The maximum atomic E-state index is 11.9. The van der Waals surface area contributed by atoms with Crippen LogP contribution in [0.3, 0.4) is 0 Å². The van der Waals surface area contributed by atoms with Crippen molar-refractivity contribution in [3.8, 4) is 0 Å². The van der Waals surface area contributed by atoms with Crippen molar-refractivity contribution in [1.82, 2.24) is 4.72 Å². The van der Waals surface area contributed by atoms with Crippen LogP contribution in [0.5, 0.6) is 0 Å². The summed E-state index contributed by atoms with van der Waals surface area (Å²) in [7, 11) is -3.82. The van der Waals surface area contributed by atoms with E-state index < -0.39 is 15.5 Å². The molecule has 114 valence electrons. The number of halogens is 3. The fraction of sp³-hybridized carbons (Fsp3) is 0.455. The molecule has 0 spiro atoms. The first kappa shape index (κ1) is 17.3. The zero-order valence-electron chi connectivity index (χ0n) is 10.6. The average molecular weight is 328 g/mol. The summed E-state index contributed by atoms with van der Waals surface area (Å²) in [6.45, 7) is 1.41. The summed E-state index contributed by atoms with van der Waals surface area (Å²) < 4.78 is 61.6. The van der Waals surface area contributed by atoms with Crippen LogP contribution in [0, 0.1) is 0 Å². The molecule has 1 rings (SSSR count). The Morgan fingerprint density at radius 1 is 1.40 bits per heavy atom. The van der Waals surface area contributed by atoms with E-state index in [0.717, 1.165) is 0 Å². The van der Waals surface area contributed by atoms with Crippen LogP contribution in [0.2, 0.25) is 0 Å². The van der Waals surface area contributed by atoms with E-state index in [1.807, 2.05) is 0 Å². The Labute approximate surface area is 120 Å². The molecule has 0 amide bonds. The van der Waals surface area contributed by atoms with Crippen molar-refractivity contribution in [3.63, 3.8) is 0 Å². The van der Waals surface area contributed by atoms with E-state index in [9.17, 15) is 21.6 Å². The summed E-state index contributed by atoms with van der Waals surface area (Å²) in [5.41, 5.74) is 1.93. The van der Waals surface area contributed by atoms with Crippen molar-refractivity contribution in [2.45, 2.75) is 23.4 Å². The second kappa shape index (κ2) is 6.79. The van der Waals surface area contributed by atoms with Gasteiger partial charge in [0.25, 0.3) is 0 Å². The highest BCUT2D eigenvalue weighted by Crippen LogP contribution is 2.29. The van der Waals surface area contributed by atoms with E-state index in [1.165, 1.54) is 18.2 Å². The third kappa shape index (κ3) is 5.70. The Morgan fingerprint density at radius 2 is 2.05 bits per heavy atom. The van der Waals surface area contributed by atoms with Crippen LogP contribution in [0.25, 0.3) is 0 Å². The lowest BCUT2D eigenvalue weighted by Gasteiger charge is -2.10. The van der Waals surface area contributed by atoms with E-state index >= 15 is 0 Å². The van der Waals surface area contributed by atoms with Crippen LogP contribution in [0.4, 0.5) is 13.2 Å². The van der Waals surface area contributed by atoms with Crippen LogP contribution in [-0.4, -0.2) is 26.2 Å². The van der Waals surface area contributed by atoms with Crippen molar-refractivity contribution in [2.24, 2.45) is 5.73 Å². The van der Waals surface area contributed by atoms with E-state index in [0.29, 0.717) is 5.56 Å². The van der Waals surface area contributed by atoms with Gasteiger partial charge in [0.15, 0.2) is 0 Å². The molecule has 9 heteroatoms. The summed E-state index contributed by atoms with van der Waals surface area (Å²) in [6, 6.07) is 5.67. The van der Waals surface area contributed by atoms with Gasteiger partial charge in [-0.2, -0.15) is 13.2 Å². The van der Waals surface area contributed by atoms with Gasteiger partial charge in [0.1, 0.15) is 0 Å². The van der Waals surface area contributed by atoms with Gasteiger partial charge < -0.3 is 5.73 Å². The number of hydrogen-bond donors (Lipinski definition) is 2. The Balaban J connectivity index is 2.67. The van der Waals surface area contributed by atoms with Gasteiger partial charge in [-0.05, 0) is 36.4 Å².